The molecule has 0 aliphatic rings. The molecular weight excluding hydrogens is 322 g/mol. The van der Waals surface area contributed by atoms with Gasteiger partial charge in [0.15, 0.2) is 5.78 Å². The molecular formula is C19H17NO5. The molecule has 6 nitrogen and oxygen atoms in total. The molecule has 0 unspecified atom stereocenters. The van der Waals surface area contributed by atoms with Crippen molar-refractivity contribution in [1.29, 1.82) is 0 Å². The van der Waals surface area contributed by atoms with Crippen LogP contribution < -0.4 is 0 Å². The van der Waals surface area contributed by atoms with E-state index in [1.807, 2.05) is 30.3 Å². The molecule has 128 valence electrons. The number of carbonyl (C=O) groups excluding carboxylic acids is 2. The van der Waals surface area contributed by atoms with E-state index in [1.54, 1.807) is 13.0 Å². The number of non-ortho nitro benzene ring substituents is 1. The highest BCUT2D eigenvalue weighted by atomic mass is 16.6. The Morgan fingerprint density at radius 3 is 2.56 bits per heavy atom. The molecule has 2 rings (SSSR count). The van der Waals surface area contributed by atoms with E-state index in [9.17, 15) is 19.7 Å². The van der Waals surface area contributed by atoms with Crippen molar-refractivity contribution in [3.63, 3.8) is 0 Å². The van der Waals surface area contributed by atoms with E-state index in [2.05, 4.69) is 0 Å². The number of nitro benzene ring substituents is 1. The number of hydrogen-bond donors (Lipinski definition) is 0. The molecule has 1 atom stereocenters. The average Bonchev–Trinajstić information content (AvgIpc) is 2.60. The lowest BCUT2D eigenvalue weighted by Gasteiger charge is -2.12. The SMILES string of the molecule is C[C@@H](OC(=O)CC(=O)C=Cc1cccc([N+](=O)[O-])c1)c1ccccc1. The van der Waals surface area contributed by atoms with Crippen molar-refractivity contribution >= 4 is 23.5 Å². The summed E-state index contributed by atoms with van der Waals surface area (Å²) in [5, 5.41) is 10.7. The summed E-state index contributed by atoms with van der Waals surface area (Å²) in [6.07, 6.45) is 1.82. The summed E-state index contributed by atoms with van der Waals surface area (Å²) in [6.45, 7) is 1.73. The molecule has 0 spiro atoms. The summed E-state index contributed by atoms with van der Waals surface area (Å²) in [7, 11) is 0. The largest absolute Gasteiger partial charge is 0.457 e. The van der Waals surface area contributed by atoms with Crippen LogP contribution in [0.1, 0.15) is 30.6 Å². The zero-order valence-corrected chi connectivity index (χ0v) is 13.6. The number of benzene rings is 2. The van der Waals surface area contributed by atoms with Crippen LogP contribution in [0.4, 0.5) is 5.69 Å². The first-order chi connectivity index (χ1) is 12.0. The van der Waals surface area contributed by atoms with Crippen LogP contribution in [-0.4, -0.2) is 16.7 Å². The molecule has 0 aliphatic carbocycles. The Balaban J connectivity index is 1.90. The Morgan fingerprint density at radius 1 is 1.16 bits per heavy atom. The second-order valence-corrected chi connectivity index (χ2v) is 5.37. The van der Waals surface area contributed by atoms with E-state index in [0.717, 1.165) is 5.56 Å². The van der Waals surface area contributed by atoms with Gasteiger partial charge in [-0.2, -0.15) is 0 Å². The molecule has 0 N–H and O–H groups in total. The number of nitro groups is 1. The first-order valence-corrected chi connectivity index (χ1v) is 7.65. The number of ether oxygens (including phenoxy) is 1. The fourth-order valence-corrected chi connectivity index (χ4v) is 2.16. The summed E-state index contributed by atoms with van der Waals surface area (Å²) >= 11 is 0. The number of allylic oxidation sites excluding steroid dienone is 1. The summed E-state index contributed by atoms with van der Waals surface area (Å²) in [4.78, 5) is 33.9. The van der Waals surface area contributed by atoms with Crippen LogP contribution in [-0.2, 0) is 14.3 Å². The topological polar surface area (TPSA) is 86.5 Å². The van der Waals surface area contributed by atoms with E-state index in [-0.39, 0.29) is 12.1 Å². The fourth-order valence-electron chi connectivity index (χ4n) is 2.16. The van der Waals surface area contributed by atoms with Crippen molar-refractivity contribution < 1.29 is 19.2 Å². The Bertz CT molecular complexity index is 798. The van der Waals surface area contributed by atoms with Gasteiger partial charge in [-0.25, -0.2) is 0 Å². The molecule has 6 heteroatoms. The Kier molecular flexibility index (Phi) is 6.17. The van der Waals surface area contributed by atoms with Crippen LogP contribution in [0.5, 0.6) is 0 Å². The maximum atomic E-state index is 11.8. The number of hydrogen-bond acceptors (Lipinski definition) is 5. The molecule has 2 aromatic rings. The van der Waals surface area contributed by atoms with Gasteiger partial charge in [-0.15, -0.1) is 0 Å². The van der Waals surface area contributed by atoms with Crippen LogP contribution in [0.15, 0.2) is 60.7 Å². The van der Waals surface area contributed by atoms with Crippen molar-refractivity contribution in [2.24, 2.45) is 0 Å². The van der Waals surface area contributed by atoms with Gasteiger partial charge in [0, 0.05) is 12.1 Å². The number of carbonyl (C=O) groups is 2. The van der Waals surface area contributed by atoms with E-state index < -0.39 is 22.8 Å². The number of esters is 1. The molecule has 0 bridgehead atoms. The van der Waals surface area contributed by atoms with Gasteiger partial charge in [-0.3, -0.25) is 19.7 Å². The average molecular weight is 339 g/mol. The van der Waals surface area contributed by atoms with Gasteiger partial charge in [0.25, 0.3) is 5.69 Å². The smallest absolute Gasteiger partial charge is 0.314 e. The molecule has 0 saturated heterocycles. The minimum Gasteiger partial charge on any atom is -0.457 e. The van der Waals surface area contributed by atoms with E-state index in [0.29, 0.717) is 5.56 Å². The Morgan fingerprint density at radius 2 is 1.88 bits per heavy atom. The summed E-state index contributed by atoms with van der Waals surface area (Å²) in [5.41, 5.74) is 1.29. The van der Waals surface area contributed by atoms with Crippen molar-refractivity contribution in [3.05, 3.63) is 81.9 Å². The maximum Gasteiger partial charge on any atom is 0.314 e. The highest BCUT2D eigenvalue weighted by Gasteiger charge is 2.14. The summed E-state index contributed by atoms with van der Waals surface area (Å²) in [6, 6.07) is 15.1. The minimum absolute atomic E-state index is 0.0642. The zero-order chi connectivity index (χ0) is 18.2. The lowest BCUT2D eigenvalue weighted by molar-refractivity contribution is -0.384. The Labute approximate surface area is 144 Å². The molecule has 0 saturated carbocycles. The summed E-state index contributed by atoms with van der Waals surface area (Å²) in [5.74, 6) is -1.05. The first kappa shape index (κ1) is 18.1. The normalized spacial score (nSPS) is 11.9. The van der Waals surface area contributed by atoms with Crippen LogP contribution in [0.2, 0.25) is 0 Å². The fraction of sp³-hybridized carbons (Fsp3) is 0.158. The van der Waals surface area contributed by atoms with Crippen LogP contribution in [0.25, 0.3) is 6.08 Å². The molecule has 2 aromatic carbocycles. The molecule has 0 aliphatic heterocycles. The quantitative estimate of drug-likeness (QED) is 0.251. The number of nitrogens with zero attached hydrogens (tertiary/aromatic N) is 1. The summed E-state index contributed by atoms with van der Waals surface area (Å²) < 4.78 is 5.23. The van der Waals surface area contributed by atoms with Crippen molar-refractivity contribution in [3.8, 4) is 0 Å². The second kappa shape index (κ2) is 8.54. The molecule has 0 radical (unpaired) electrons. The molecule has 25 heavy (non-hydrogen) atoms. The predicted octanol–water partition coefficient (Wildman–Crippen LogP) is 3.87. The van der Waals surface area contributed by atoms with Gasteiger partial charge in [0.1, 0.15) is 12.5 Å². The lowest BCUT2D eigenvalue weighted by Crippen LogP contribution is -2.12. The number of rotatable bonds is 7. The standard InChI is InChI=1S/C19H17NO5/c1-14(16-7-3-2-4-8-16)25-19(22)13-18(21)11-10-15-6-5-9-17(12-15)20(23)24/h2-12,14H,13H2,1H3/t14-/m1/s1. The molecule has 0 amide bonds. The molecule has 0 aromatic heterocycles. The van der Waals surface area contributed by atoms with Crippen LogP contribution in [0, 0.1) is 10.1 Å². The highest BCUT2D eigenvalue weighted by Crippen LogP contribution is 2.17. The van der Waals surface area contributed by atoms with Gasteiger partial charge >= 0.3 is 5.97 Å². The molecule has 0 heterocycles. The second-order valence-electron chi connectivity index (χ2n) is 5.37. The van der Waals surface area contributed by atoms with Crippen LogP contribution >= 0.6 is 0 Å². The van der Waals surface area contributed by atoms with Gasteiger partial charge < -0.3 is 4.74 Å². The third-order valence-corrected chi connectivity index (χ3v) is 3.44. The third-order valence-electron chi connectivity index (χ3n) is 3.44. The highest BCUT2D eigenvalue weighted by molar-refractivity contribution is 6.04. The lowest BCUT2D eigenvalue weighted by atomic mass is 10.1. The zero-order valence-electron chi connectivity index (χ0n) is 13.6. The van der Waals surface area contributed by atoms with Gasteiger partial charge in [0.2, 0.25) is 0 Å². The van der Waals surface area contributed by atoms with Crippen LogP contribution in [0.3, 0.4) is 0 Å². The Hall–Kier alpha value is -3.28. The molecule has 0 fully saturated rings. The first-order valence-electron chi connectivity index (χ1n) is 7.65. The minimum atomic E-state index is -0.620. The maximum absolute atomic E-state index is 11.8. The van der Waals surface area contributed by atoms with Gasteiger partial charge in [-0.05, 0) is 24.1 Å². The van der Waals surface area contributed by atoms with E-state index in [4.69, 9.17) is 4.74 Å². The van der Waals surface area contributed by atoms with E-state index >= 15 is 0 Å². The predicted molar refractivity (Wildman–Crippen MR) is 92.7 cm³/mol. The van der Waals surface area contributed by atoms with E-state index in [1.165, 1.54) is 30.4 Å². The monoisotopic (exact) mass is 339 g/mol. The third kappa shape index (κ3) is 5.69. The van der Waals surface area contributed by atoms with Crippen molar-refractivity contribution in [2.45, 2.75) is 19.4 Å². The van der Waals surface area contributed by atoms with Gasteiger partial charge in [-0.1, -0.05) is 48.5 Å². The van der Waals surface area contributed by atoms with Crippen molar-refractivity contribution in [2.75, 3.05) is 0 Å². The number of ketones is 1. The van der Waals surface area contributed by atoms with Gasteiger partial charge in [0.05, 0.1) is 4.92 Å². The van der Waals surface area contributed by atoms with Crippen molar-refractivity contribution in [1.82, 2.24) is 0 Å².